The number of hydrogen-bond acceptors (Lipinski definition) is 5. The van der Waals surface area contributed by atoms with Crippen molar-refractivity contribution in [3.63, 3.8) is 0 Å². The molecule has 0 fully saturated rings. The summed E-state index contributed by atoms with van der Waals surface area (Å²) in [4.78, 5) is 25.5. The van der Waals surface area contributed by atoms with E-state index in [1.165, 1.54) is 13.2 Å². The fraction of sp³-hybridized carbons (Fsp3) is 0.667. The predicted octanol–water partition coefficient (Wildman–Crippen LogP) is 5.33. The maximum Gasteiger partial charge on any atom is 0.415 e. The van der Waals surface area contributed by atoms with Crippen LogP contribution in [0.1, 0.15) is 55.4 Å². The van der Waals surface area contributed by atoms with Crippen LogP contribution in [0, 0.1) is 10.1 Å². The average Bonchev–Trinajstić information content (AvgIpc) is 2.62. The number of amides is 1. The molecule has 0 aliphatic carbocycles. The molecule has 0 aliphatic rings. The number of carbonyl (C=O) groups excluding carboxylic acids is 1. The van der Waals surface area contributed by atoms with Crippen LogP contribution in [-0.2, 0) is 0 Å². The molecule has 0 atom stereocenters. The van der Waals surface area contributed by atoms with Crippen LogP contribution in [-0.4, -0.2) is 44.2 Å². The summed E-state index contributed by atoms with van der Waals surface area (Å²) in [5, 5.41) is 12.5. The van der Waals surface area contributed by atoms with Crippen molar-refractivity contribution in [1.82, 2.24) is 4.90 Å². The largest absolute Gasteiger partial charge is 0.488 e. The van der Waals surface area contributed by atoms with Crippen molar-refractivity contribution in [1.29, 1.82) is 0 Å². The Kier molecular flexibility index (Phi) is 8.68. The number of carbonyl (C=O) groups is 1. The second-order valence-corrected chi connectivity index (χ2v) is 14.1. The molecule has 7 nitrogen and oxygen atoms in total. The molecule has 0 unspecified atom stereocenters. The van der Waals surface area contributed by atoms with E-state index in [-0.39, 0.29) is 17.2 Å². The van der Waals surface area contributed by atoms with Gasteiger partial charge in [-0.25, -0.2) is 4.79 Å². The minimum Gasteiger partial charge on any atom is -0.488 e. The Morgan fingerprint density at radius 1 is 1.03 bits per heavy atom. The average molecular weight is 425 g/mol. The summed E-state index contributed by atoms with van der Waals surface area (Å²) in [5.74, 6) is 0.230. The molecule has 1 aromatic carbocycles. The molecular weight excluding hydrogens is 388 g/mol. The molecule has 0 N–H and O–H groups in total. The number of benzene rings is 1. The Labute approximate surface area is 175 Å². The molecule has 1 aromatic rings. The van der Waals surface area contributed by atoms with Gasteiger partial charge in [0.25, 0.3) is 0 Å². The number of nitrogens with zero attached hydrogens (tertiary/aromatic N) is 2. The minimum atomic E-state index is -2.27. The first-order valence-corrected chi connectivity index (χ1v) is 12.6. The summed E-state index contributed by atoms with van der Waals surface area (Å²) in [6, 6.07) is 3.27. The Balaban J connectivity index is 3.91. The van der Waals surface area contributed by atoms with Gasteiger partial charge in [0.05, 0.1) is 20.1 Å². The zero-order valence-electron chi connectivity index (χ0n) is 19.2. The standard InChI is InChI=1S/C21H36N2O5Si/c1-10-22(11-2)21(24)28-20-18(13-12-17(23(25)26)19(20)27-9)29(14(3)4,15(5)6)16(7)8/h12-16H,10-11H2,1-9H3. The zero-order valence-corrected chi connectivity index (χ0v) is 20.2. The molecule has 1 rings (SSSR count). The van der Waals surface area contributed by atoms with Gasteiger partial charge < -0.3 is 14.4 Å². The van der Waals surface area contributed by atoms with Gasteiger partial charge in [-0.3, -0.25) is 10.1 Å². The highest BCUT2D eigenvalue weighted by atomic mass is 28.3. The first kappa shape index (κ1) is 24.9. The zero-order chi connectivity index (χ0) is 22.5. The number of methoxy groups -OCH3 is 1. The molecule has 1 amide bonds. The lowest BCUT2D eigenvalue weighted by atomic mass is 10.2. The van der Waals surface area contributed by atoms with E-state index < -0.39 is 19.1 Å². The molecule has 0 saturated heterocycles. The van der Waals surface area contributed by atoms with Crippen LogP contribution in [0.2, 0.25) is 16.6 Å². The smallest absolute Gasteiger partial charge is 0.415 e. The number of rotatable bonds is 9. The fourth-order valence-corrected chi connectivity index (χ4v) is 11.7. The molecule has 0 radical (unpaired) electrons. The molecule has 8 heteroatoms. The van der Waals surface area contributed by atoms with Crippen molar-refractivity contribution in [3.05, 3.63) is 22.2 Å². The van der Waals surface area contributed by atoms with Crippen molar-refractivity contribution in [2.24, 2.45) is 0 Å². The van der Waals surface area contributed by atoms with Crippen LogP contribution in [0.4, 0.5) is 10.5 Å². The Bertz CT molecular complexity index is 708. The lowest BCUT2D eigenvalue weighted by Crippen LogP contribution is -2.56. The topological polar surface area (TPSA) is 81.9 Å². The lowest BCUT2D eigenvalue weighted by molar-refractivity contribution is -0.385. The van der Waals surface area contributed by atoms with E-state index in [1.807, 2.05) is 13.8 Å². The molecule has 29 heavy (non-hydrogen) atoms. The van der Waals surface area contributed by atoms with E-state index in [0.29, 0.717) is 29.7 Å². The van der Waals surface area contributed by atoms with E-state index in [2.05, 4.69) is 41.5 Å². The van der Waals surface area contributed by atoms with Gasteiger partial charge in [0, 0.05) is 19.2 Å². The predicted molar refractivity (Wildman–Crippen MR) is 119 cm³/mol. The van der Waals surface area contributed by atoms with Crippen LogP contribution in [0.15, 0.2) is 12.1 Å². The third-order valence-electron chi connectivity index (χ3n) is 6.04. The summed E-state index contributed by atoms with van der Waals surface area (Å²) in [6.07, 6.45) is -0.519. The molecule has 0 bridgehead atoms. The Morgan fingerprint density at radius 3 is 1.86 bits per heavy atom. The summed E-state index contributed by atoms with van der Waals surface area (Å²) in [6.45, 7) is 17.9. The molecule has 0 aliphatic heterocycles. The van der Waals surface area contributed by atoms with E-state index in [0.717, 1.165) is 5.19 Å². The first-order chi connectivity index (χ1) is 13.5. The van der Waals surface area contributed by atoms with Crippen LogP contribution >= 0.6 is 0 Å². The molecule has 164 valence electrons. The van der Waals surface area contributed by atoms with Gasteiger partial charge in [0.15, 0.2) is 5.75 Å². The Morgan fingerprint density at radius 2 is 1.52 bits per heavy atom. The third-order valence-corrected chi connectivity index (χ3v) is 13.1. The number of nitro benzene ring substituents is 1. The van der Waals surface area contributed by atoms with E-state index in [9.17, 15) is 14.9 Å². The van der Waals surface area contributed by atoms with Gasteiger partial charge in [-0.1, -0.05) is 47.6 Å². The molecule has 0 aromatic heterocycles. The van der Waals surface area contributed by atoms with Crippen LogP contribution in [0.5, 0.6) is 11.5 Å². The van der Waals surface area contributed by atoms with E-state index in [4.69, 9.17) is 9.47 Å². The van der Waals surface area contributed by atoms with Crippen LogP contribution in [0.3, 0.4) is 0 Å². The van der Waals surface area contributed by atoms with Crippen molar-refractivity contribution in [2.75, 3.05) is 20.2 Å². The highest BCUT2D eigenvalue weighted by Crippen LogP contribution is 2.46. The normalized spacial score (nSPS) is 11.9. The van der Waals surface area contributed by atoms with Crippen LogP contribution < -0.4 is 14.7 Å². The SMILES string of the molecule is CCN(CC)C(=O)Oc1c([Si](C(C)C)(C(C)C)C(C)C)ccc([N+](=O)[O-])c1OC. The maximum absolute atomic E-state index is 12.8. The van der Waals surface area contributed by atoms with E-state index >= 15 is 0 Å². The fourth-order valence-electron chi connectivity index (χ4n) is 4.90. The van der Waals surface area contributed by atoms with Crippen molar-refractivity contribution in [3.8, 4) is 11.5 Å². The quantitative estimate of drug-likeness (QED) is 0.304. The van der Waals surface area contributed by atoms with Crippen molar-refractivity contribution < 1.29 is 19.2 Å². The number of ether oxygens (including phenoxy) is 2. The highest BCUT2D eigenvalue weighted by molar-refractivity contribution is 6.95. The summed E-state index contributed by atoms with van der Waals surface area (Å²) < 4.78 is 11.3. The second kappa shape index (κ2) is 10.1. The highest BCUT2D eigenvalue weighted by Gasteiger charge is 2.48. The van der Waals surface area contributed by atoms with Gasteiger partial charge in [-0.2, -0.15) is 0 Å². The summed E-state index contributed by atoms with van der Waals surface area (Å²) in [5.41, 5.74) is 0.802. The second-order valence-electron chi connectivity index (χ2n) is 8.19. The van der Waals surface area contributed by atoms with Crippen LogP contribution in [0.25, 0.3) is 0 Å². The van der Waals surface area contributed by atoms with E-state index in [1.54, 1.807) is 11.0 Å². The summed E-state index contributed by atoms with van der Waals surface area (Å²) in [7, 11) is -0.895. The maximum atomic E-state index is 12.8. The number of nitro groups is 1. The molecule has 0 saturated carbocycles. The van der Waals surface area contributed by atoms with Gasteiger partial charge in [0.1, 0.15) is 0 Å². The molecule has 0 heterocycles. The van der Waals surface area contributed by atoms with Gasteiger partial charge in [0.2, 0.25) is 5.75 Å². The monoisotopic (exact) mass is 424 g/mol. The minimum absolute atomic E-state index is 0.0202. The van der Waals surface area contributed by atoms with Gasteiger partial charge in [-0.05, 0) is 35.7 Å². The van der Waals surface area contributed by atoms with Gasteiger partial charge >= 0.3 is 11.8 Å². The van der Waals surface area contributed by atoms with Crippen molar-refractivity contribution >= 4 is 25.0 Å². The molecular formula is C21H36N2O5Si. The third kappa shape index (κ3) is 4.57. The number of hydrogen-bond donors (Lipinski definition) is 0. The molecule has 0 spiro atoms. The van der Waals surface area contributed by atoms with Gasteiger partial charge in [-0.15, -0.1) is 0 Å². The summed E-state index contributed by atoms with van der Waals surface area (Å²) >= 11 is 0. The lowest BCUT2D eigenvalue weighted by Gasteiger charge is -2.44. The van der Waals surface area contributed by atoms with Crippen molar-refractivity contribution in [2.45, 2.75) is 72.0 Å². The first-order valence-electron chi connectivity index (χ1n) is 10.3. The Hall–Kier alpha value is -2.09.